The van der Waals surface area contributed by atoms with Gasteiger partial charge in [-0.15, -0.1) is 0 Å². The van der Waals surface area contributed by atoms with E-state index in [2.05, 4.69) is 5.32 Å². The molecule has 1 aliphatic carbocycles. The number of aromatic carboxylic acids is 1. The normalized spacial score (nSPS) is 26.9. The second-order valence-corrected chi connectivity index (χ2v) is 9.19. The molecule has 0 spiro atoms. The van der Waals surface area contributed by atoms with E-state index >= 15 is 0 Å². The van der Waals surface area contributed by atoms with Gasteiger partial charge in [0.05, 0.1) is 20.6 Å². The highest BCUT2D eigenvalue weighted by Gasteiger charge is 2.41. The van der Waals surface area contributed by atoms with Crippen LogP contribution in [0.25, 0.3) is 0 Å². The Labute approximate surface area is 161 Å². The Morgan fingerprint density at radius 3 is 2.48 bits per heavy atom. The van der Waals surface area contributed by atoms with E-state index in [1.54, 1.807) is 12.1 Å². The van der Waals surface area contributed by atoms with E-state index in [-0.39, 0.29) is 11.6 Å². The number of morpholine rings is 1. The lowest BCUT2D eigenvalue weighted by Gasteiger charge is -2.40. The topological polar surface area (TPSA) is 95.9 Å². The lowest BCUT2D eigenvalue weighted by Crippen LogP contribution is -2.55. The fourth-order valence-corrected chi connectivity index (χ4v) is 5.05. The molecule has 2 unspecified atom stereocenters. The number of aliphatic hydroxyl groups is 1. The maximum atomic E-state index is 11.9. The standard InChI is InChI=1S/C20H30NO5P/c22-19(23)16-8-6-14(7-9-16)10-17-13-26-18(12-21-17)20(24,27-25)11-15-4-2-1-3-5-15/h6-9,15,17-18,21,24H,1-5,10-13,27H2,(H,22,23)/t17-,18+,20?/m1/s1. The van der Waals surface area contributed by atoms with Gasteiger partial charge < -0.3 is 24.8 Å². The van der Waals surface area contributed by atoms with Crippen LogP contribution in [0.3, 0.4) is 0 Å². The summed E-state index contributed by atoms with van der Waals surface area (Å²) in [6.07, 6.45) is 6.72. The van der Waals surface area contributed by atoms with Gasteiger partial charge in [0, 0.05) is 12.6 Å². The van der Waals surface area contributed by atoms with E-state index in [9.17, 15) is 14.5 Å². The van der Waals surface area contributed by atoms with E-state index < -0.39 is 25.9 Å². The SMILES string of the molecule is O=[PH2]C(O)(CC1CCCCC1)[C@@H]1CN[C@H](Cc2ccc(C(=O)O)cc2)CO1. The smallest absolute Gasteiger partial charge is 0.335 e. The molecule has 1 aromatic carbocycles. The van der Waals surface area contributed by atoms with E-state index in [4.69, 9.17) is 9.84 Å². The third kappa shape index (κ3) is 5.41. The summed E-state index contributed by atoms with van der Waals surface area (Å²) in [5, 5.41) is 22.1. The van der Waals surface area contributed by atoms with Crippen LogP contribution in [0.5, 0.6) is 0 Å². The lowest BCUT2D eigenvalue weighted by molar-refractivity contribution is -0.0942. The first kappa shape index (κ1) is 20.5. The van der Waals surface area contributed by atoms with Crippen molar-refractivity contribution in [2.24, 2.45) is 5.92 Å². The molecular weight excluding hydrogens is 365 g/mol. The van der Waals surface area contributed by atoms with Crippen molar-refractivity contribution in [2.75, 3.05) is 13.2 Å². The van der Waals surface area contributed by atoms with Crippen LogP contribution in [-0.2, 0) is 15.7 Å². The second-order valence-electron chi connectivity index (χ2n) is 7.95. The molecule has 7 heteroatoms. The first-order chi connectivity index (χ1) is 13.0. The number of nitrogens with one attached hydrogen (secondary N) is 1. The maximum absolute atomic E-state index is 11.9. The molecule has 3 rings (SSSR count). The van der Waals surface area contributed by atoms with Crippen molar-refractivity contribution in [3.8, 4) is 0 Å². The maximum Gasteiger partial charge on any atom is 0.335 e. The van der Waals surface area contributed by atoms with Crippen molar-refractivity contribution in [1.82, 2.24) is 5.32 Å². The van der Waals surface area contributed by atoms with Crippen LogP contribution >= 0.6 is 8.46 Å². The highest BCUT2D eigenvalue weighted by Crippen LogP contribution is 2.39. The average molecular weight is 395 g/mol. The average Bonchev–Trinajstić information content (AvgIpc) is 2.69. The minimum atomic E-state index is -1.33. The predicted molar refractivity (Wildman–Crippen MR) is 105 cm³/mol. The third-order valence-electron chi connectivity index (χ3n) is 5.88. The molecule has 2 aliphatic rings. The van der Waals surface area contributed by atoms with Gasteiger partial charge in [0.25, 0.3) is 0 Å². The van der Waals surface area contributed by atoms with Crippen LogP contribution in [0.15, 0.2) is 24.3 Å². The van der Waals surface area contributed by atoms with E-state index in [0.29, 0.717) is 25.5 Å². The molecule has 0 radical (unpaired) electrons. The van der Waals surface area contributed by atoms with Crippen LogP contribution in [0.1, 0.15) is 54.4 Å². The van der Waals surface area contributed by atoms with Gasteiger partial charge in [-0.2, -0.15) is 0 Å². The molecule has 0 bridgehead atoms. The molecular formula is C20H30NO5P. The van der Waals surface area contributed by atoms with Crippen LogP contribution in [-0.4, -0.2) is 46.8 Å². The largest absolute Gasteiger partial charge is 0.478 e. The molecule has 27 heavy (non-hydrogen) atoms. The monoisotopic (exact) mass is 395 g/mol. The Hall–Kier alpha value is -1.20. The van der Waals surface area contributed by atoms with Gasteiger partial charge in [-0.25, -0.2) is 4.79 Å². The summed E-state index contributed by atoms with van der Waals surface area (Å²) < 4.78 is 17.8. The number of hydrogen-bond acceptors (Lipinski definition) is 5. The number of carboxylic acid groups (broad SMARTS) is 1. The molecule has 6 nitrogen and oxygen atoms in total. The van der Waals surface area contributed by atoms with Crippen molar-refractivity contribution >= 4 is 14.4 Å². The zero-order valence-corrected chi connectivity index (χ0v) is 16.8. The molecule has 0 aromatic heterocycles. The van der Waals surface area contributed by atoms with Gasteiger partial charge >= 0.3 is 5.97 Å². The summed E-state index contributed by atoms with van der Waals surface area (Å²) in [7, 11) is -1.33. The quantitative estimate of drug-likeness (QED) is 0.615. The predicted octanol–water partition coefficient (Wildman–Crippen LogP) is 2.70. The summed E-state index contributed by atoms with van der Waals surface area (Å²) in [6.45, 7) is 0.925. The van der Waals surface area contributed by atoms with E-state index in [1.165, 1.54) is 19.3 Å². The van der Waals surface area contributed by atoms with Gasteiger partial charge in [-0.3, -0.25) is 0 Å². The number of ether oxygens (including phenoxy) is 1. The lowest BCUT2D eigenvalue weighted by atomic mass is 9.84. The Kier molecular flexibility index (Phi) is 7.10. The fourth-order valence-electron chi connectivity index (χ4n) is 4.25. The van der Waals surface area contributed by atoms with Gasteiger partial charge in [-0.05, 0) is 36.5 Å². The number of rotatable bonds is 7. The van der Waals surface area contributed by atoms with Gasteiger partial charge in [0.15, 0.2) is 0 Å². The highest BCUT2D eigenvalue weighted by molar-refractivity contribution is 7.25. The Morgan fingerprint density at radius 2 is 1.93 bits per heavy atom. The van der Waals surface area contributed by atoms with Crippen LogP contribution in [0.4, 0.5) is 0 Å². The molecule has 0 amide bonds. The number of benzene rings is 1. The minimum Gasteiger partial charge on any atom is -0.478 e. The summed E-state index contributed by atoms with van der Waals surface area (Å²) >= 11 is 0. The molecule has 3 N–H and O–H groups in total. The van der Waals surface area contributed by atoms with Crippen molar-refractivity contribution in [2.45, 2.75) is 62.4 Å². The van der Waals surface area contributed by atoms with E-state index in [1.807, 2.05) is 12.1 Å². The van der Waals surface area contributed by atoms with Crippen LogP contribution < -0.4 is 5.32 Å². The Bertz CT molecular complexity index is 638. The summed E-state index contributed by atoms with van der Waals surface area (Å²) in [5.41, 5.74) is 1.31. The van der Waals surface area contributed by atoms with Gasteiger partial charge in [0.2, 0.25) is 0 Å². The number of hydrogen-bond donors (Lipinski definition) is 3. The molecule has 150 valence electrons. The zero-order valence-electron chi connectivity index (χ0n) is 15.6. The van der Waals surface area contributed by atoms with Crippen LogP contribution in [0, 0.1) is 5.92 Å². The summed E-state index contributed by atoms with van der Waals surface area (Å²) in [4.78, 5) is 10.9. The molecule has 1 saturated carbocycles. The van der Waals surface area contributed by atoms with Crippen LogP contribution in [0.2, 0.25) is 0 Å². The molecule has 4 atom stereocenters. The highest BCUT2D eigenvalue weighted by atomic mass is 31.1. The first-order valence-electron chi connectivity index (χ1n) is 9.86. The first-order valence-corrected chi connectivity index (χ1v) is 10.9. The summed E-state index contributed by atoms with van der Waals surface area (Å²) in [6, 6.07) is 6.94. The number of carbonyl (C=O) groups is 1. The molecule has 1 aromatic rings. The second kappa shape index (κ2) is 9.33. The van der Waals surface area contributed by atoms with Crippen molar-refractivity contribution in [3.05, 3.63) is 35.4 Å². The molecule has 2 fully saturated rings. The van der Waals surface area contributed by atoms with E-state index in [0.717, 1.165) is 24.8 Å². The molecule has 1 aliphatic heterocycles. The third-order valence-corrected chi connectivity index (χ3v) is 6.89. The molecule has 1 heterocycles. The number of carboxylic acids is 1. The Morgan fingerprint density at radius 1 is 1.22 bits per heavy atom. The van der Waals surface area contributed by atoms with Crippen molar-refractivity contribution < 1.29 is 24.3 Å². The van der Waals surface area contributed by atoms with Crippen molar-refractivity contribution in [1.29, 1.82) is 0 Å². The fraction of sp³-hybridized carbons (Fsp3) is 0.650. The van der Waals surface area contributed by atoms with Gasteiger partial charge in [-0.1, -0.05) is 44.2 Å². The summed E-state index contributed by atoms with van der Waals surface area (Å²) in [5.74, 6) is -0.486. The minimum absolute atomic E-state index is 0.0949. The molecule has 1 saturated heterocycles. The Balaban J connectivity index is 1.52. The van der Waals surface area contributed by atoms with Gasteiger partial charge in [0.1, 0.15) is 11.4 Å². The zero-order chi connectivity index (χ0) is 19.3. The van der Waals surface area contributed by atoms with Crippen molar-refractivity contribution in [3.63, 3.8) is 0 Å².